The first-order chi connectivity index (χ1) is 13.1. The number of nitrogens with zero attached hydrogens (tertiary/aromatic N) is 2. The zero-order valence-electron chi connectivity index (χ0n) is 14.4. The Morgan fingerprint density at radius 2 is 2.07 bits per heavy atom. The molecule has 0 aliphatic carbocycles. The van der Waals surface area contributed by atoms with Crippen molar-refractivity contribution in [1.82, 2.24) is 9.38 Å². The molecule has 27 heavy (non-hydrogen) atoms. The maximum Gasteiger partial charge on any atom is 0.450 e. The van der Waals surface area contributed by atoms with Gasteiger partial charge in [0.1, 0.15) is 11.5 Å². The Kier molecular flexibility index (Phi) is 5.94. The van der Waals surface area contributed by atoms with Gasteiger partial charge >= 0.3 is 6.09 Å². The van der Waals surface area contributed by atoms with Crippen LogP contribution < -0.4 is 5.32 Å². The van der Waals surface area contributed by atoms with Crippen LogP contribution in [0.4, 0.5) is 19.5 Å². The standard InChI is InChI=1S/C18H17F2N3O4/c1-25-7-8-26-11-14-13(3-2-4-15(14)19)12-5-6-17-21-16(10-23(17)9-12)22-18(24)27-20/h2-6,9-10H,7-8,11H2,1H3,(H,22,24). The molecule has 0 aliphatic heterocycles. The average molecular weight is 377 g/mol. The maximum atomic E-state index is 14.3. The number of pyridine rings is 1. The molecule has 0 saturated carbocycles. The number of halogens is 2. The summed E-state index contributed by atoms with van der Waals surface area (Å²) in [6, 6.07) is 8.25. The lowest BCUT2D eigenvalue weighted by atomic mass is 10.0. The van der Waals surface area contributed by atoms with E-state index in [9.17, 15) is 13.7 Å². The van der Waals surface area contributed by atoms with Gasteiger partial charge in [-0.25, -0.2) is 19.1 Å². The van der Waals surface area contributed by atoms with E-state index in [1.807, 2.05) is 0 Å². The lowest BCUT2D eigenvalue weighted by Crippen LogP contribution is -2.09. The van der Waals surface area contributed by atoms with Gasteiger partial charge in [-0.05, 0) is 29.3 Å². The van der Waals surface area contributed by atoms with Crippen LogP contribution in [0, 0.1) is 5.82 Å². The Morgan fingerprint density at radius 1 is 1.22 bits per heavy atom. The first-order valence-corrected chi connectivity index (χ1v) is 8.05. The number of fused-ring (bicyclic) bond motifs is 1. The first-order valence-electron chi connectivity index (χ1n) is 8.05. The van der Waals surface area contributed by atoms with Gasteiger partial charge in [0.15, 0.2) is 5.82 Å². The molecular formula is C18H17F2N3O4. The van der Waals surface area contributed by atoms with Crippen molar-refractivity contribution in [3.05, 3.63) is 54.1 Å². The molecule has 0 fully saturated rings. The Hall–Kier alpha value is -3.04. The van der Waals surface area contributed by atoms with Crippen molar-refractivity contribution in [2.24, 2.45) is 0 Å². The largest absolute Gasteiger partial charge is 0.450 e. The normalized spacial score (nSPS) is 10.9. The predicted molar refractivity (Wildman–Crippen MR) is 93.3 cm³/mol. The number of carbonyl (C=O) groups excluding carboxylic acids is 1. The van der Waals surface area contributed by atoms with E-state index in [1.54, 1.807) is 42.0 Å². The number of amides is 1. The SMILES string of the molecule is COCCOCc1c(F)cccc1-c1ccc2nc(NC(=O)OF)cn2c1. The molecule has 1 amide bonds. The maximum absolute atomic E-state index is 14.3. The summed E-state index contributed by atoms with van der Waals surface area (Å²) in [5, 5.41) is 2.14. The average Bonchev–Trinajstić information content (AvgIpc) is 3.07. The molecule has 142 valence electrons. The highest BCUT2D eigenvalue weighted by atomic mass is 19.3. The van der Waals surface area contributed by atoms with Gasteiger partial charge in [0.25, 0.3) is 0 Å². The van der Waals surface area contributed by atoms with Gasteiger partial charge in [-0.1, -0.05) is 12.1 Å². The third-order valence-corrected chi connectivity index (χ3v) is 3.86. The van der Waals surface area contributed by atoms with E-state index in [1.165, 1.54) is 12.3 Å². The van der Waals surface area contributed by atoms with Crippen molar-refractivity contribution < 1.29 is 28.1 Å². The number of hydrogen-bond donors (Lipinski definition) is 1. The second kappa shape index (κ2) is 8.56. The number of benzene rings is 1. The summed E-state index contributed by atoms with van der Waals surface area (Å²) < 4.78 is 38.2. The molecule has 0 aliphatic rings. The van der Waals surface area contributed by atoms with E-state index in [0.717, 1.165) is 5.56 Å². The molecule has 0 bridgehead atoms. The number of hydrogen-bond acceptors (Lipinski definition) is 5. The van der Waals surface area contributed by atoms with E-state index in [4.69, 9.17) is 9.47 Å². The van der Waals surface area contributed by atoms with Gasteiger partial charge in [-0.15, -0.1) is 0 Å². The highest BCUT2D eigenvalue weighted by molar-refractivity contribution is 5.83. The molecule has 1 N–H and O–H groups in total. The van der Waals surface area contributed by atoms with Crippen LogP contribution in [0.25, 0.3) is 16.8 Å². The van der Waals surface area contributed by atoms with E-state index in [2.05, 4.69) is 15.2 Å². The molecule has 0 unspecified atom stereocenters. The molecule has 0 spiro atoms. The fraction of sp³-hybridized carbons (Fsp3) is 0.222. The number of imidazole rings is 1. The molecule has 3 rings (SSSR count). The van der Waals surface area contributed by atoms with Crippen molar-refractivity contribution in [3.63, 3.8) is 0 Å². The summed E-state index contributed by atoms with van der Waals surface area (Å²) in [6.45, 7) is 0.870. The second-order valence-corrected chi connectivity index (χ2v) is 5.61. The Morgan fingerprint density at radius 3 is 2.85 bits per heavy atom. The molecule has 3 aromatic rings. The van der Waals surface area contributed by atoms with Crippen LogP contribution in [0.2, 0.25) is 0 Å². The van der Waals surface area contributed by atoms with Gasteiger partial charge < -0.3 is 13.9 Å². The zero-order chi connectivity index (χ0) is 19.2. The van der Waals surface area contributed by atoms with Crippen LogP contribution in [-0.2, 0) is 21.0 Å². The summed E-state index contributed by atoms with van der Waals surface area (Å²) in [6.07, 6.45) is 1.95. The summed E-state index contributed by atoms with van der Waals surface area (Å²) in [5.41, 5.74) is 2.33. The van der Waals surface area contributed by atoms with E-state index >= 15 is 0 Å². The number of nitrogens with one attached hydrogen (secondary N) is 1. The van der Waals surface area contributed by atoms with Gasteiger partial charge in [0.05, 0.1) is 26.0 Å². The molecular weight excluding hydrogens is 360 g/mol. The Balaban J connectivity index is 1.90. The van der Waals surface area contributed by atoms with E-state index in [-0.39, 0.29) is 18.2 Å². The first kappa shape index (κ1) is 18.7. The number of carbonyl (C=O) groups is 1. The topological polar surface area (TPSA) is 74.1 Å². The zero-order valence-corrected chi connectivity index (χ0v) is 14.4. The second-order valence-electron chi connectivity index (χ2n) is 5.61. The van der Waals surface area contributed by atoms with Crippen molar-refractivity contribution in [1.29, 1.82) is 0 Å². The monoisotopic (exact) mass is 377 g/mol. The van der Waals surface area contributed by atoms with Gasteiger partial charge in [0.2, 0.25) is 0 Å². The lowest BCUT2D eigenvalue weighted by molar-refractivity contribution is -0.0544. The molecule has 7 nitrogen and oxygen atoms in total. The number of ether oxygens (including phenoxy) is 2. The minimum absolute atomic E-state index is 0.0997. The van der Waals surface area contributed by atoms with E-state index in [0.29, 0.717) is 30.0 Å². The van der Waals surface area contributed by atoms with Crippen molar-refractivity contribution >= 4 is 17.6 Å². The highest BCUT2D eigenvalue weighted by Gasteiger charge is 2.13. The van der Waals surface area contributed by atoms with Crippen LogP contribution in [0.5, 0.6) is 0 Å². The van der Waals surface area contributed by atoms with Crippen LogP contribution in [0.15, 0.2) is 42.7 Å². The third kappa shape index (κ3) is 4.39. The predicted octanol–water partition coefficient (Wildman–Crippen LogP) is 3.74. The number of anilines is 1. The molecule has 0 atom stereocenters. The van der Waals surface area contributed by atoms with E-state index < -0.39 is 6.09 Å². The van der Waals surface area contributed by atoms with Crippen LogP contribution in [-0.4, -0.2) is 35.8 Å². The molecule has 2 aromatic heterocycles. The van der Waals surface area contributed by atoms with Gasteiger partial charge in [-0.2, -0.15) is 0 Å². The molecule has 2 heterocycles. The molecule has 0 radical (unpaired) electrons. The smallest absolute Gasteiger partial charge is 0.382 e. The van der Waals surface area contributed by atoms with Crippen LogP contribution in [0.3, 0.4) is 0 Å². The van der Waals surface area contributed by atoms with Crippen molar-refractivity contribution in [2.75, 3.05) is 25.6 Å². The Labute approximate surface area is 153 Å². The highest BCUT2D eigenvalue weighted by Crippen LogP contribution is 2.27. The lowest BCUT2D eigenvalue weighted by Gasteiger charge is -2.12. The molecule has 0 saturated heterocycles. The quantitative estimate of drug-likeness (QED) is 0.635. The minimum Gasteiger partial charge on any atom is -0.382 e. The summed E-state index contributed by atoms with van der Waals surface area (Å²) >= 11 is 0. The van der Waals surface area contributed by atoms with Gasteiger partial charge in [-0.3, -0.25) is 5.32 Å². The number of rotatable bonds is 7. The fourth-order valence-corrected chi connectivity index (χ4v) is 2.63. The number of methoxy groups -OCH3 is 1. The van der Waals surface area contributed by atoms with Gasteiger partial charge in [0, 0.05) is 23.4 Å². The van der Waals surface area contributed by atoms with Crippen LogP contribution in [0.1, 0.15) is 5.56 Å². The third-order valence-electron chi connectivity index (χ3n) is 3.86. The van der Waals surface area contributed by atoms with Crippen LogP contribution >= 0.6 is 0 Å². The van der Waals surface area contributed by atoms with Crippen molar-refractivity contribution in [3.8, 4) is 11.1 Å². The molecule has 1 aromatic carbocycles. The summed E-state index contributed by atoms with van der Waals surface area (Å²) in [4.78, 5) is 18.1. The minimum atomic E-state index is -1.26. The Bertz CT molecular complexity index is 946. The summed E-state index contributed by atoms with van der Waals surface area (Å²) in [7, 11) is 1.56. The fourth-order valence-electron chi connectivity index (χ4n) is 2.63. The number of aromatic nitrogens is 2. The molecule has 9 heteroatoms. The van der Waals surface area contributed by atoms with Crippen molar-refractivity contribution in [2.45, 2.75) is 6.61 Å². The summed E-state index contributed by atoms with van der Waals surface area (Å²) in [5.74, 6) is -0.249.